The molecule has 2 aromatic rings. The molecule has 1 aromatic heterocycles. The van der Waals surface area contributed by atoms with Gasteiger partial charge in [-0.1, -0.05) is 23.2 Å². The van der Waals surface area contributed by atoms with Crippen molar-refractivity contribution in [3.63, 3.8) is 0 Å². The van der Waals surface area contributed by atoms with Crippen LogP contribution >= 0.6 is 34.5 Å². The van der Waals surface area contributed by atoms with Gasteiger partial charge in [0.25, 0.3) is 0 Å². The molecule has 1 heterocycles. The molecule has 0 unspecified atom stereocenters. The number of rotatable bonds is 7. The van der Waals surface area contributed by atoms with E-state index in [2.05, 4.69) is 5.32 Å². The summed E-state index contributed by atoms with van der Waals surface area (Å²) in [5.41, 5.74) is -8.02. The van der Waals surface area contributed by atoms with Crippen molar-refractivity contribution < 1.29 is 40.3 Å². The largest absolute Gasteiger partial charge is 0.462 e. The summed E-state index contributed by atoms with van der Waals surface area (Å²) < 4.78 is 97.3. The predicted molar refractivity (Wildman–Crippen MR) is 117 cm³/mol. The average Bonchev–Trinajstić information content (AvgIpc) is 3.18. The normalized spacial score (nSPS) is 12.8. The van der Waals surface area contributed by atoms with Gasteiger partial charge in [0, 0.05) is 28.4 Å². The Morgan fingerprint density at radius 3 is 2.11 bits per heavy atom. The molecule has 0 fully saturated rings. The topological polar surface area (TPSA) is 86.0 Å². The molecule has 1 aromatic carbocycles. The number of esters is 1. The first-order valence-electron chi connectivity index (χ1n) is 9.12. The lowest BCUT2D eigenvalue weighted by Crippen LogP contribution is -2.50. The Kier molecular flexibility index (Phi) is 8.47. The van der Waals surface area contributed by atoms with Crippen LogP contribution in [-0.2, 0) is 10.4 Å². The number of nitrogens with zero attached hydrogens (tertiary/aromatic N) is 1. The van der Waals surface area contributed by atoms with Crippen LogP contribution in [0.1, 0.15) is 32.6 Å². The summed E-state index contributed by atoms with van der Waals surface area (Å²) in [5, 5.41) is 17.7. The second-order valence-electron chi connectivity index (χ2n) is 6.54. The number of carbonyl (C=O) groups excluding carboxylic acids is 1. The van der Waals surface area contributed by atoms with Gasteiger partial charge < -0.3 is 15.5 Å². The third-order valence-electron chi connectivity index (χ3n) is 4.36. The zero-order valence-corrected chi connectivity index (χ0v) is 19.5. The molecule has 188 valence electrons. The Morgan fingerprint density at radius 1 is 1.14 bits per heavy atom. The fourth-order valence-corrected chi connectivity index (χ4v) is 4.24. The molecule has 15 heteroatoms. The van der Waals surface area contributed by atoms with E-state index in [0.29, 0.717) is 0 Å². The van der Waals surface area contributed by atoms with Gasteiger partial charge in [0.05, 0.1) is 27.9 Å². The van der Waals surface area contributed by atoms with Crippen molar-refractivity contribution in [3.8, 4) is 6.07 Å². The summed E-state index contributed by atoms with van der Waals surface area (Å²) in [6.45, 7) is 1.60. The molecule has 2 rings (SSSR count). The first kappa shape index (κ1) is 28.4. The second kappa shape index (κ2) is 10.4. The van der Waals surface area contributed by atoms with Crippen LogP contribution in [0.4, 0.5) is 36.4 Å². The Morgan fingerprint density at radius 2 is 1.69 bits per heavy atom. The van der Waals surface area contributed by atoms with E-state index in [0.717, 1.165) is 23.8 Å². The minimum absolute atomic E-state index is 0.0230. The van der Waals surface area contributed by atoms with Crippen molar-refractivity contribution >= 4 is 58.0 Å². The van der Waals surface area contributed by atoms with Gasteiger partial charge in [-0.15, -0.1) is 11.3 Å². The number of ether oxygens (including phenoxy) is 1. The van der Waals surface area contributed by atoms with E-state index in [4.69, 9.17) is 33.3 Å². The van der Waals surface area contributed by atoms with Gasteiger partial charge in [0.2, 0.25) is 0 Å². The molecule has 0 aliphatic heterocycles. The van der Waals surface area contributed by atoms with Crippen LogP contribution in [0.3, 0.4) is 0 Å². The summed E-state index contributed by atoms with van der Waals surface area (Å²) in [4.78, 5) is 12.2. The molecule has 0 aliphatic rings. The highest BCUT2D eigenvalue weighted by molar-refractivity contribution is 7.14. The molecule has 2 N–H and O–H groups in total. The third-order valence-corrected chi connectivity index (χ3v) is 6.05. The van der Waals surface area contributed by atoms with E-state index in [9.17, 15) is 40.8 Å². The zero-order chi connectivity index (χ0) is 26.8. The maximum absolute atomic E-state index is 14.3. The summed E-state index contributed by atoms with van der Waals surface area (Å²) in [6, 6.07) is 3.33. The van der Waals surface area contributed by atoms with E-state index < -0.39 is 39.6 Å². The molecule has 0 spiro atoms. The SMILES string of the molecule is CCOC(=O)c1cc(/C(C=N)=C/Nc2c(Cl)cc(C(F)(C(F)(F)F)C(F)(F)F)cc2Cl)sc1C#N. The average molecular weight is 562 g/mol. The minimum Gasteiger partial charge on any atom is -0.462 e. The maximum Gasteiger partial charge on any atom is 0.435 e. The Bertz CT molecular complexity index is 1180. The summed E-state index contributed by atoms with van der Waals surface area (Å²) in [6.07, 6.45) is -10.9. The van der Waals surface area contributed by atoms with E-state index in [1.807, 2.05) is 0 Å². The van der Waals surface area contributed by atoms with Gasteiger partial charge in [0.15, 0.2) is 0 Å². The first-order valence-corrected chi connectivity index (χ1v) is 10.7. The van der Waals surface area contributed by atoms with Crippen molar-refractivity contribution in [2.24, 2.45) is 0 Å². The molecule has 0 aliphatic carbocycles. The number of hydrogen-bond donors (Lipinski definition) is 2. The van der Waals surface area contributed by atoms with Crippen LogP contribution in [0.5, 0.6) is 0 Å². The van der Waals surface area contributed by atoms with Crippen LogP contribution in [0.2, 0.25) is 10.0 Å². The number of nitriles is 1. The van der Waals surface area contributed by atoms with E-state index in [1.54, 1.807) is 13.0 Å². The lowest BCUT2D eigenvalue weighted by molar-refractivity contribution is -0.348. The number of hydrogen-bond acceptors (Lipinski definition) is 6. The molecule has 0 bridgehead atoms. The number of halogens is 9. The van der Waals surface area contributed by atoms with Gasteiger partial charge in [-0.05, 0) is 25.1 Å². The fourth-order valence-electron chi connectivity index (χ4n) is 2.71. The lowest BCUT2D eigenvalue weighted by atomic mass is 9.94. The number of nitrogens with one attached hydrogen (secondary N) is 2. The monoisotopic (exact) mass is 561 g/mol. The van der Waals surface area contributed by atoms with Crippen molar-refractivity contribution in [1.82, 2.24) is 0 Å². The third kappa shape index (κ3) is 5.55. The quantitative estimate of drug-likeness (QED) is 0.208. The van der Waals surface area contributed by atoms with E-state index >= 15 is 0 Å². The summed E-state index contributed by atoms with van der Waals surface area (Å²) in [7, 11) is 0. The predicted octanol–water partition coefficient (Wildman–Crippen LogP) is 7.50. The highest BCUT2D eigenvalue weighted by Crippen LogP contribution is 2.54. The van der Waals surface area contributed by atoms with Crippen molar-refractivity contribution in [1.29, 1.82) is 10.7 Å². The van der Waals surface area contributed by atoms with Crippen molar-refractivity contribution in [2.75, 3.05) is 11.9 Å². The molecule has 0 amide bonds. The molecule has 0 saturated heterocycles. The van der Waals surface area contributed by atoms with E-state index in [1.165, 1.54) is 6.07 Å². The van der Waals surface area contributed by atoms with E-state index in [-0.39, 0.29) is 45.3 Å². The number of allylic oxidation sites excluding steroid dienone is 1. The Labute approximate surface area is 207 Å². The molecule has 0 radical (unpaired) electrons. The number of benzene rings is 1. The van der Waals surface area contributed by atoms with Gasteiger partial charge in [-0.3, -0.25) is 0 Å². The first-order chi connectivity index (χ1) is 16.1. The highest BCUT2D eigenvalue weighted by atomic mass is 35.5. The van der Waals surface area contributed by atoms with Crippen molar-refractivity contribution in [3.05, 3.63) is 55.3 Å². The van der Waals surface area contributed by atoms with Crippen LogP contribution in [0, 0.1) is 16.7 Å². The van der Waals surface area contributed by atoms with Crippen LogP contribution < -0.4 is 5.32 Å². The zero-order valence-electron chi connectivity index (χ0n) is 17.2. The van der Waals surface area contributed by atoms with Crippen LogP contribution in [-0.4, -0.2) is 31.1 Å². The van der Waals surface area contributed by atoms with Gasteiger partial charge in [0.1, 0.15) is 10.9 Å². The lowest BCUT2D eigenvalue weighted by Gasteiger charge is -2.30. The number of carbonyl (C=O) groups is 1. The molecular weight excluding hydrogens is 550 g/mol. The number of alkyl halides is 7. The molecule has 5 nitrogen and oxygen atoms in total. The second-order valence-corrected chi connectivity index (χ2v) is 8.41. The molecule has 0 saturated carbocycles. The maximum atomic E-state index is 14.3. The van der Waals surface area contributed by atoms with Crippen LogP contribution in [0.25, 0.3) is 5.57 Å². The molecule has 0 atom stereocenters. The highest BCUT2D eigenvalue weighted by Gasteiger charge is 2.73. The minimum atomic E-state index is -6.35. The van der Waals surface area contributed by atoms with Crippen molar-refractivity contribution in [2.45, 2.75) is 24.9 Å². The molecule has 35 heavy (non-hydrogen) atoms. The number of thiophene rings is 1. The fraction of sp³-hybridized carbons (Fsp3) is 0.250. The Balaban J connectivity index is 2.50. The summed E-state index contributed by atoms with van der Waals surface area (Å²) >= 11 is 12.4. The smallest absolute Gasteiger partial charge is 0.435 e. The van der Waals surface area contributed by atoms with Crippen LogP contribution in [0.15, 0.2) is 24.4 Å². The molecular formula is C20H12Cl2F7N3O2S. The summed E-state index contributed by atoms with van der Waals surface area (Å²) in [5.74, 6) is -0.783. The van der Waals surface area contributed by atoms with Gasteiger partial charge in [-0.2, -0.15) is 31.6 Å². The Hall–Kier alpha value is -2.82. The standard InChI is InChI=1S/C20H12Cl2F7N3O2S/c1-2-34-17(33)11-5-14(35-15(11)7-31)9(6-30)8-32-16-12(21)3-10(4-13(16)22)18(23,19(24,25)26)20(27,28)29/h3-6,8,30,32H,2H2,1H3/b9-8+,30-6?. The van der Waals surface area contributed by atoms with Gasteiger partial charge in [-0.25, -0.2) is 9.18 Å². The number of anilines is 1. The van der Waals surface area contributed by atoms with Gasteiger partial charge >= 0.3 is 24.0 Å².